The Balaban J connectivity index is 2.28. The summed E-state index contributed by atoms with van der Waals surface area (Å²) < 4.78 is 0. The van der Waals surface area contributed by atoms with Crippen molar-refractivity contribution in [2.24, 2.45) is 0 Å². The second-order valence-corrected chi connectivity index (χ2v) is 14.8. The fraction of sp³-hybridized carbons (Fsp3) is 0.444. The quantitative estimate of drug-likeness (QED) is 0.239. The first-order chi connectivity index (χ1) is 16.4. The molecule has 0 fully saturated rings. The van der Waals surface area contributed by atoms with Gasteiger partial charge in [0.05, 0.1) is 0 Å². The van der Waals surface area contributed by atoms with Crippen LogP contribution in [0.25, 0.3) is 32.7 Å². The van der Waals surface area contributed by atoms with E-state index in [9.17, 15) is 0 Å². The van der Waals surface area contributed by atoms with Crippen LogP contribution in [0.4, 0.5) is 0 Å². The van der Waals surface area contributed by atoms with Crippen molar-refractivity contribution in [3.05, 3.63) is 82.9 Å². The zero-order valence-electron chi connectivity index (χ0n) is 24.8. The SMILES string of the molecule is CC(C)(C)c1cc(-c2cccc3c(C(C)(C)C)c4ccccc4c(C(C)(C)C)c23)cc(C(C)(C)C)c1. The minimum atomic E-state index is -0.00113. The molecule has 0 radical (unpaired) electrons. The molecule has 0 aromatic heterocycles. The third-order valence-electron chi connectivity index (χ3n) is 7.53. The highest BCUT2D eigenvalue weighted by Gasteiger charge is 2.29. The van der Waals surface area contributed by atoms with Gasteiger partial charge >= 0.3 is 0 Å². The van der Waals surface area contributed by atoms with Gasteiger partial charge in [0.1, 0.15) is 0 Å². The van der Waals surface area contributed by atoms with Crippen molar-refractivity contribution in [3.63, 3.8) is 0 Å². The zero-order valence-corrected chi connectivity index (χ0v) is 24.8. The summed E-state index contributed by atoms with van der Waals surface area (Å²) >= 11 is 0. The molecule has 4 aromatic rings. The molecule has 4 aromatic carbocycles. The molecular formula is C36H46. The predicted molar refractivity (Wildman–Crippen MR) is 162 cm³/mol. The Morgan fingerprint density at radius 1 is 0.417 bits per heavy atom. The van der Waals surface area contributed by atoms with Gasteiger partial charge in [0.15, 0.2) is 0 Å². The lowest BCUT2D eigenvalue weighted by Crippen LogP contribution is -2.18. The summed E-state index contributed by atoms with van der Waals surface area (Å²) in [7, 11) is 0. The molecule has 0 heteroatoms. The molecule has 0 atom stereocenters. The molecule has 4 rings (SSSR count). The van der Waals surface area contributed by atoms with E-state index in [1.165, 1.54) is 54.9 Å². The summed E-state index contributed by atoms with van der Waals surface area (Å²) in [6, 6.07) is 23.4. The van der Waals surface area contributed by atoms with E-state index in [1.807, 2.05) is 0 Å². The smallest absolute Gasteiger partial charge is 0.00586 e. The lowest BCUT2D eigenvalue weighted by molar-refractivity contribution is 0.569. The first-order valence-corrected chi connectivity index (χ1v) is 13.6. The number of hydrogen-bond acceptors (Lipinski definition) is 0. The highest BCUT2D eigenvalue weighted by molar-refractivity contribution is 6.12. The third-order valence-corrected chi connectivity index (χ3v) is 7.53. The fourth-order valence-corrected chi connectivity index (χ4v) is 5.71. The van der Waals surface area contributed by atoms with Gasteiger partial charge in [-0.15, -0.1) is 0 Å². The maximum absolute atomic E-state index is 2.45. The molecule has 0 spiro atoms. The Morgan fingerprint density at radius 2 is 0.861 bits per heavy atom. The molecule has 0 nitrogen and oxygen atoms in total. The van der Waals surface area contributed by atoms with Crippen molar-refractivity contribution in [3.8, 4) is 11.1 Å². The Kier molecular flexibility index (Phi) is 6.23. The largest absolute Gasteiger partial charge is 0.0616 e. The van der Waals surface area contributed by atoms with Gasteiger partial charge in [-0.25, -0.2) is 0 Å². The molecule has 0 aliphatic rings. The fourth-order valence-electron chi connectivity index (χ4n) is 5.71. The second kappa shape index (κ2) is 8.47. The Bertz CT molecular complexity index is 1400. The number of rotatable bonds is 1. The Hall–Kier alpha value is -2.60. The van der Waals surface area contributed by atoms with Crippen molar-refractivity contribution in [1.82, 2.24) is 0 Å². The van der Waals surface area contributed by atoms with E-state index in [1.54, 1.807) is 0 Å². The van der Waals surface area contributed by atoms with Crippen molar-refractivity contribution >= 4 is 21.5 Å². The Labute approximate surface area is 220 Å². The maximum Gasteiger partial charge on any atom is -0.00586 e. The van der Waals surface area contributed by atoms with Crippen molar-refractivity contribution in [2.75, 3.05) is 0 Å². The second-order valence-electron chi connectivity index (χ2n) is 14.8. The van der Waals surface area contributed by atoms with Crippen LogP contribution in [0.1, 0.15) is 105 Å². The number of benzene rings is 4. The molecule has 0 N–H and O–H groups in total. The first kappa shape index (κ1) is 26.5. The van der Waals surface area contributed by atoms with Gasteiger partial charge in [-0.2, -0.15) is 0 Å². The van der Waals surface area contributed by atoms with Gasteiger partial charge in [0.2, 0.25) is 0 Å². The average molecular weight is 479 g/mol. The van der Waals surface area contributed by atoms with Crippen LogP contribution in [0.3, 0.4) is 0 Å². The van der Waals surface area contributed by atoms with Crippen molar-refractivity contribution < 1.29 is 0 Å². The van der Waals surface area contributed by atoms with Gasteiger partial charge in [0.25, 0.3) is 0 Å². The van der Waals surface area contributed by atoms with E-state index in [0.29, 0.717) is 0 Å². The van der Waals surface area contributed by atoms with Gasteiger partial charge in [-0.05, 0) is 76.6 Å². The monoisotopic (exact) mass is 478 g/mol. The summed E-state index contributed by atoms with van der Waals surface area (Å²) in [6.45, 7) is 28.1. The topological polar surface area (TPSA) is 0 Å². The van der Waals surface area contributed by atoms with Crippen LogP contribution < -0.4 is 0 Å². The highest BCUT2D eigenvalue weighted by atomic mass is 14.3. The van der Waals surface area contributed by atoms with Crippen LogP contribution >= 0.6 is 0 Å². The van der Waals surface area contributed by atoms with E-state index in [2.05, 4.69) is 144 Å². The predicted octanol–water partition coefficient (Wildman–Crippen LogP) is 10.8. The molecular weight excluding hydrogens is 432 g/mol. The van der Waals surface area contributed by atoms with Gasteiger partial charge in [-0.1, -0.05) is 144 Å². The lowest BCUT2D eigenvalue weighted by atomic mass is 9.72. The maximum atomic E-state index is 2.45. The van der Waals surface area contributed by atoms with Crippen LogP contribution in [-0.2, 0) is 21.7 Å². The van der Waals surface area contributed by atoms with E-state index in [-0.39, 0.29) is 21.7 Å². The normalized spacial score (nSPS) is 13.6. The van der Waals surface area contributed by atoms with Gasteiger partial charge in [0, 0.05) is 0 Å². The minimum absolute atomic E-state index is 0.00113. The molecule has 0 bridgehead atoms. The van der Waals surface area contributed by atoms with Crippen molar-refractivity contribution in [2.45, 2.75) is 105 Å². The average Bonchev–Trinajstić information content (AvgIpc) is 2.73. The van der Waals surface area contributed by atoms with Gasteiger partial charge < -0.3 is 0 Å². The van der Waals surface area contributed by atoms with E-state index in [0.717, 1.165) is 0 Å². The van der Waals surface area contributed by atoms with Crippen LogP contribution in [0.15, 0.2) is 60.7 Å². The molecule has 0 unspecified atom stereocenters. The lowest BCUT2D eigenvalue weighted by Gasteiger charge is -2.32. The molecule has 0 aliphatic carbocycles. The van der Waals surface area contributed by atoms with E-state index in [4.69, 9.17) is 0 Å². The Morgan fingerprint density at radius 3 is 1.31 bits per heavy atom. The summed E-state index contributed by atoms with van der Waals surface area (Å²) in [5, 5.41) is 5.58. The van der Waals surface area contributed by atoms with E-state index >= 15 is 0 Å². The molecule has 0 amide bonds. The van der Waals surface area contributed by atoms with Crippen LogP contribution in [-0.4, -0.2) is 0 Å². The molecule has 0 saturated carbocycles. The summed E-state index contributed by atoms with van der Waals surface area (Å²) in [6.07, 6.45) is 0. The third kappa shape index (κ3) is 4.72. The number of hydrogen-bond donors (Lipinski definition) is 0. The summed E-state index contributed by atoms with van der Waals surface area (Å²) in [5.74, 6) is 0. The molecule has 190 valence electrons. The molecule has 0 aliphatic heterocycles. The summed E-state index contributed by atoms with van der Waals surface area (Å²) in [5.41, 5.74) is 8.57. The molecule has 0 heterocycles. The van der Waals surface area contributed by atoms with Crippen molar-refractivity contribution in [1.29, 1.82) is 0 Å². The summed E-state index contributed by atoms with van der Waals surface area (Å²) in [4.78, 5) is 0. The highest BCUT2D eigenvalue weighted by Crippen LogP contribution is 2.47. The van der Waals surface area contributed by atoms with Crippen LogP contribution in [0.2, 0.25) is 0 Å². The number of fused-ring (bicyclic) bond motifs is 2. The molecule has 0 saturated heterocycles. The molecule has 36 heavy (non-hydrogen) atoms. The van der Waals surface area contributed by atoms with Crippen LogP contribution in [0, 0.1) is 0 Å². The van der Waals surface area contributed by atoms with E-state index < -0.39 is 0 Å². The minimum Gasteiger partial charge on any atom is -0.0616 e. The zero-order chi connectivity index (χ0) is 26.8. The standard InChI is InChI=1S/C36H46/c1-33(2,3)24-20-23(21-25(22-24)34(4,5)6)26-18-15-19-29-30(26)32(36(10,11)12)28-17-14-13-16-27(28)31(29)35(7,8)9/h13-22H,1-12H3. The first-order valence-electron chi connectivity index (χ1n) is 13.6. The van der Waals surface area contributed by atoms with Crippen LogP contribution in [0.5, 0.6) is 0 Å². The van der Waals surface area contributed by atoms with Gasteiger partial charge in [-0.3, -0.25) is 0 Å².